The molecule has 0 aliphatic rings. The molecule has 0 bridgehead atoms. The standard InChI is InChI=1S/C11H18N2O3/c1-11(2,3)16-9(14)5-6-13-8-7-12(4)10(13)15/h7-8H,5-6H2,1-4H3. The van der Waals surface area contributed by atoms with Crippen LogP contribution in [0.15, 0.2) is 17.2 Å². The van der Waals surface area contributed by atoms with E-state index in [9.17, 15) is 9.59 Å². The highest BCUT2D eigenvalue weighted by molar-refractivity contribution is 5.69. The van der Waals surface area contributed by atoms with Gasteiger partial charge in [-0.15, -0.1) is 0 Å². The van der Waals surface area contributed by atoms with Crippen LogP contribution >= 0.6 is 0 Å². The lowest BCUT2D eigenvalue weighted by Crippen LogP contribution is -2.27. The van der Waals surface area contributed by atoms with E-state index in [0.717, 1.165) is 0 Å². The minimum Gasteiger partial charge on any atom is -0.460 e. The van der Waals surface area contributed by atoms with Crippen LogP contribution in [0, 0.1) is 0 Å². The number of hydrogen-bond donors (Lipinski definition) is 0. The van der Waals surface area contributed by atoms with Crippen LogP contribution in [-0.2, 0) is 23.1 Å². The molecule has 0 atom stereocenters. The molecule has 0 unspecified atom stereocenters. The summed E-state index contributed by atoms with van der Waals surface area (Å²) in [7, 11) is 1.67. The number of ether oxygens (including phenoxy) is 1. The van der Waals surface area contributed by atoms with Crippen LogP contribution < -0.4 is 5.69 Å². The summed E-state index contributed by atoms with van der Waals surface area (Å²) < 4.78 is 8.10. The highest BCUT2D eigenvalue weighted by Crippen LogP contribution is 2.08. The summed E-state index contributed by atoms with van der Waals surface area (Å²) in [5.41, 5.74) is -0.595. The van der Waals surface area contributed by atoms with Gasteiger partial charge in [-0.25, -0.2) is 4.79 Å². The molecule has 0 radical (unpaired) electrons. The molecule has 1 aromatic heterocycles. The number of nitrogens with zero attached hydrogens (tertiary/aromatic N) is 2. The molecular formula is C11H18N2O3. The molecule has 0 aliphatic carbocycles. The van der Waals surface area contributed by atoms with Gasteiger partial charge < -0.3 is 9.30 Å². The van der Waals surface area contributed by atoms with Crippen molar-refractivity contribution in [3.63, 3.8) is 0 Å². The molecule has 0 aromatic carbocycles. The van der Waals surface area contributed by atoms with Crippen molar-refractivity contribution >= 4 is 5.97 Å². The molecule has 0 saturated heterocycles. The number of hydrogen-bond acceptors (Lipinski definition) is 3. The number of rotatable bonds is 3. The van der Waals surface area contributed by atoms with E-state index >= 15 is 0 Å². The van der Waals surface area contributed by atoms with Crippen LogP contribution in [-0.4, -0.2) is 20.7 Å². The number of imidazole rings is 1. The average Bonchev–Trinajstić information content (AvgIpc) is 2.42. The van der Waals surface area contributed by atoms with E-state index in [1.165, 1.54) is 9.13 Å². The number of aryl methyl sites for hydroxylation is 2. The zero-order valence-electron chi connectivity index (χ0n) is 10.2. The monoisotopic (exact) mass is 226 g/mol. The van der Waals surface area contributed by atoms with Gasteiger partial charge >= 0.3 is 11.7 Å². The molecule has 1 aromatic rings. The van der Waals surface area contributed by atoms with E-state index in [-0.39, 0.29) is 18.1 Å². The van der Waals surface area contributed by atoms with Gasteiger partial charge in [-0.3, -0.25) is 9.36 Å². The normalized spacial score (nSPS) is 11.5. The van der Waals surface area contributed by atoms with E-state index in [1.807, 2.05) is 20.8 Å². The largest absolute Gasteiger partial charge is 0.460 e. The van der Waals surface area contributed by atoms with Crippen molar-refractivity contribution in [2.24, 2.45) is 7.05 Å². The predicted octanol–water partition coefficient (Wildman–Crippen LogP) is 0.919. The molecule has 0 amide bonds. The van der Waals surface area contributed by atoms with Gasteiger partial charge in [-0.05, 0) is 20.8 Å². The van der Waals surface area contributed by atoms with Crippen LogP contribution in [0.4, 0.5) is 0 Å². The fourth-order valence-electron chi connectivity index (χ4n) is 1.29. The molecule has 0 N–H and O–H groups in total. The summed E-state index contributed by atoms with van der Waals surface area (Å²) in [6.07, 6.45) is 3.53. The highest BCUT2D eigenvalue weighted by atomic mass is 16.6. The summed E-state index contributed by atoms with van der Waals surface area (Å²) in [6.45, 7) is 5.81. The molecule has 5 nitrogen and oxygen atoms in total. The van der Waals surface area contributed by atoms with Crippen LogP contribution in [0.3, 0.4) is 0 Å². The second-order valence-corrected chi connectivity index (χ2v) is 4.72. The van der Waals surface area contributed by atoms with Crippen molar-refractivity contribution in [2.45, 2.75) is 39.3 Å². The van der Waals surface area contributed by atoms with Crippen LogP contribution in [0.25, 0.3) is 0 Å². The number of esters is 1. The molecule has 0 aliphatic heterocycles. The molecule has 5 heteroatoms. The van der Waals surface area contributed by atoms with E-state index in [4.69, 9.17) is 4.74 Å². The van der Waals surface area contributed by atoms with Gasteiger partial charge in [-0.1, -0.05) is 0 Å². The van der Waals surface area contributed by atoms with E-state index < -0.39 is 5.60 Å². The first-order valence-electron chi connectivity index (χ1n) is 5.23. The Kier molecular flexibility index (Phi) is 3.57. The minimum absolute atomic E-state index is 0.122. The first-order chi connectivity index (χ1) is 7.29. The Bertz CT molecular complexity index is 423. The Hall–Kier alpha value is -1.52. The smallest absolute Gasteiger partial charge is 0.327 e. The summed E-state index contributed by atoms with van der Waals surface area (Å²) in [5, 5.41) is 0. The van der Waals surface area contributed by atoms with Gasteiger partial charge in [0.15, 0.2) is 0 Å². The van der Waals surface area contributed by atoms with Gasteiger partial charge in [0, 0.05) is 26.0 Å². The fraction of sp³-hybridized carbons (Fsp3) is 0.636. The molecule has 1 heterocycles. The highest BCUT2D eigenvalue weighted by Gasteiger charge is 2.16. The molecule has 0 spiro atoms. The Morgan fingerprint density at radius 1 is 1.38 bits per heavy atom. The Balaban J connectivity index is 2.50. The first kappa shape index (κ1) is 12.5. The molecule has 16 heavy (non-hydrogen) atoms. The quantitative estimate of drug-likeness (QED) is 0.720. The minimum atomic E-state index is -0.473. The van der Waals surface area contributed by atoms with Crippen LogP contribution in [0.5, 0.6) is 0 Å². The average molecular weight is 226 g/mol. The lowest BCUT2D eigenvalue weighted by atomic mass is 10.2. The van der Waals surface area contributed by atoms with Crippen molar-refractivity contribution in [3.8, 4) is 0 Å². The van der Waals surface area contributed by atoms with E-state index in [0.29, 0.717) is 6.54 Å². The lowest BCUT2D eigenvalue weighted by molar-refractivity contribution is -0.155. The maximum Gasteiger partial charge on any atom is 0.327 e. The van der Waals surface area contributed by atoms with Crippen molar-refractivity contribution in [2.75, 3.05) is 0 Å². The zero-order chi connectivity index (χ0) is 12.3. The summed E-state index contributed by atoms with van der Waals surface area (Å²) in [4.78, 5) is 22.8. The van der Waals surface area contributed by atoms with Gasteiger partial charge in [0.25, 0.3) is 0 Å². The van der Waals surface area contributed by atoms with Gasteiger partial charge in [0.2, 0.25) is 0 Å². The second kappa shape index (κ2) is 4.55. The van der Waals surface area contributed by atoms with E-state index in [1.54, 1.807) is 19.4 Å². The van der Waals surface area contributed by atoms with Crippen molar-refractivity contribution in [3.05, 3.63) is 22.9 Å². The third kappa shape index (κ3) is 3.56. The SMILES string of the molecule is Cn1ccn(CCC(=O)OC(C)(C)C)c1=O. The summed E-state index contributed by atoms with van der Waals surface area (Å²) >= 11 is 0. The summed E-state index contributed by atoms with van der Waals surface area (Å²) in [5.74, 6) is -0.289. The maximum atomic E-state index is 11.4. The molecule has 1 rings (SSSR count). The van der Waals surface area contributed by atoms with Crippen molar-refractivity contribution in [1.29, 1.82) is 0 Å². The zero-order valence-corrected chi connectivity index (χ0v) is 10.2. The van der Waals surface area contributed by atoms with E-state index in [2.05, 4.69) is 0 Å². The second-order valence-electron chi connectivity index (χ2n) is 4.72. The van der Waals surface area contributed by atoms with Gasteiger partial charge in [-0.2, -0.15) is 0 Å². The lowest BCUT2D eigenvalue weighted by Gasteiger charge is -2.19. The molecule has 0 saturated carbocycles. The number of carbonyl (C=O) groups is 1. The van der Waals surface area contributed by atoms with Gasteiger partial charge in [0.05, 0.1) is 6.42 Å². The maximum absolute atomic E-state index is 11.4. The van der Waals surface area contributed by atoms with Crippen LogP contribution in [0.1, 0.15) is 27.2 Å². The molecule has 0 fully saturated rings. The van der Waals surface area contributed by atoms with Crippen LogP contribution in [0.2, 0.25) is 0 Å². The fourth-order valence-corrected chi connectivity index (χ4v) is 1.29. The third-order valence-electron chi connectivity index (χ3n) is 1.99. The Morgan fingerprint density at radius 3 is 2.44 bits per heavy atom. The summed E-state index contributed by atoms with van der Waals surface area (Å²) in [6, 6.07) is 0. The topological polar surface area (TPSA) is 53.2 Å². The first-order valence-corrected chi connectivity index (χ1v) is 5.23. The molecule has 90 valence electrons. The Morgan fingerprint density at radius 2 is 2.00 bits per heavy atom. The number of carbonyl (C=O) groups excluding carboxylic acids is 1. The molecular weight excluding hydrogens is 208 g/mol. The van der Waals surface area contributed by atoms with Crippen molar-refractivity contribution < 1.29 is 9.53 Å². The number of aromatic nitrogens is 2. The predicted molar refractivity (Wildman–Crippen MR) is 60.1 cm³/mol. The van der Waals surface area contributed by atoms with Crippen molar-refractivity contribution in [1.82, 2.24) is 9.13 Å². The Labute approximate surface area is 94.6 Å². The van der Waals surface area contributed by atoms with Gasteiger partial charge in [0.1, 0.15) is 5.60 Å². The third-order valence-corrected chi connectivity index (χ3v) is 1.99.